The lowest BCUT2D eigenvalue weighted by Gasteiger charge is -2.27. The summed E-state index contributed by atoms with van der Waals surface area (Å²) in [6.07, 6.45) is 3.63. The second-order valence-corrected chi connectivity index (χ2v) is 5.49. The van der Waals surface area contributed by atoms with Crippen LogP contribution < -0.4 is 9.47 Å². The number of aliphatic hydroxyl groups is 1. The molecule has 5 nitrogen and oxygen atoms in total. The number of nitrogens with zero attached hydrogens (tertiary/aromatic N) is 1. The molecule has 0 bridgehead atoms. The van der Waals surface area contributed by atoms with E-state index in [1.165, 1.54) is 0 Å². The predicted octanol–water partition coefficient (Wildman–Crippen LogP) is 1.83. The standard InChI is InChI=1S/C16H21NO4/c18-9-3-5-12-4-2-8-17(12)16(19)13-6-1-7-14-15(13)21-11-10-20-14/h1,6-7,12,18H,2-5,8-11H2/t12-/m0/s1. The van der Waals surface area contributed by atoms with Crippen LogP contribution >= 0.6 is 0 Å². The van der Waals surface area contributed by atoms with E-state index in [1.54, 1.807) is 6.07 Å². The quantitative estimate of drug-likeness (QED) is 0.919. The molecule has 1 fully saturated rings. The van der Waals surface area contributed by atoms with Gasteiger partial charge < -0.3 is 19.5 Å². The maximum atomic E-state index is 12.8. The van der Waals surface area contributed by atoms with E-state index in [1.807, 2.05) is 17.0 Å². The first-order valence-corrected chi connectivity index (χ1v) is 7.61. The van der Waals surface area contributed by atoms with Gasteiger partial charge in [-0.25, -0.2) is 0 Å². The molecule has 0 aliphatic carbocycles. The Balaban J connectivity index is 1.81. The summed E-state index contributed by atoms with van der Waals surface area (Å²) in [6, 6.07) is 5.69. The number of likely N-dealkylation sites (tertiary alicyclic amines) is 1. The van der Waals surface area contributed by atoms with Gasteiger partial charge in [-0.1, -0.05) is 6.07 Å². The van der Waals surface area contributed by atoms with Crippen molar-refractivity contribution in [2.45, 2.75) is 31.7 Å². The largest absolute Gasteiger partial charge is 0.486 e. The molecule has 1 amide bonds. The van der Waals surface area contributed by atoms with E-state index < -0.39 is 0 Å². The minimum Gasteiger partial charge on any atom is -0.486 e. The summed E-state index contributed by atoms with van der Waals surface area (Å²) in [5.41, 5.74) is 0.586. The van der Waals surface area contributed by atoms with Crippen LogP contribution in [0.1, 0.15) is 36.0 Å². The molecule has 1 aromatic carbocycles. The first-order valence-electron chi connectivity index (χ1n) is 7.61. The molecule has 0 aromatic heterocycles. The normalized spacial score (nSPS) is 20.6. The Morgan fingerprint density at radius 3 is 3.05 bits per heavy atom. The summed E-state index contributed by atoms with van der Waals surface area (Å²) in [4.78, 5) is 14.7. The van der Waals surface area contributed by atoms with Crippen molar-refractivity contribution in [2.75, 3.05) is 26.4 Å². The molecule has 0 saturated carbocycles. The van der Waals surface area contributed by atoms with Gasteiger partial charge in [0.1, 0.15) is 13.2 Å². The monoisotopic (exact) mass is 291 g/mol. The fourth-order valence-electron chi connectivity index (χ4n) is 3.13. The second-order valence-electron chi connectivity index (χ2n) is 5.49. The summed E-state index contributed by atoms with van der Waals surface area (Å²) < 4.78 is 11.2. The smallest absolute Gasteiger partial charge is 0.258 e. The van der Waals surface area contributed by atoms with E-state index in [2.05, 4.69) is 0 Å². The summed E-state index contributed by atoms with van der Waals surface area (Å²) in [5, 5.41) is 8.99. The predicted molar refractivity (Wildman–Crippen MR) is 77.8 cm³/mol. The van der Waals surface area contributed by atoms with Crippen molar-refractivity contribution in [3.05, 3.63) is 23.8 Å². The fraction of sp³-hybridized carbons (Fsp3) is 0.562. The van der Waals surface area contributed by atoms with Gasteiger partial charge in [-0.2, -0.15) is 0 Å². The Morgan fingerprint density at radius 1 is 1.33 bits per heavy atom. The molecule has 1 aromatic rings. The summed E-state index contributed by atoms with van der Waals surface area (Å²) in [7, 11) is 0. The van der Waals surface area contributed by atoms with E-state index in [0.717, 1.165) is 32.2 Å². The number of para-hydroxylation sites is 1. The molecule has 1 atom stereocenters. The van der Waals surface area contributed by atoms with Crippen LogP contribution in [0, 0.1) is 0 Å². The summed E-state index contributed by atoms with van der Waals surface area (Å²) in [5.74, 6) is 1.23. The highest BCUT2D eigenvalue weighted by molar-refractivity contribution is 5.98. The number of benzene rings is 1. The molecule has 21 heavy (non-hydrogen) atoms. The Bertz CT molecular complexity index is 517. The van der Waals surface area contributed by atoms with Gasteiger partial charge in [0.25, 0.3) is 5.91 Å². The summed E-state index contributed by atoms with van der Waals surface area (Å²) in [6.45, 7) is 1.95. The van der Waals surface area contributed by atoms with Gasteiger partial charge in [0.05, 0.1) is 5.56 Å². The number of fused-ring (bicyclic) bond motifs is 1. The third-order valence-corrected chi connectivity index (χ3v) is 4.13. The zero-order chi connectivity index (χ0) is 14.7. The van der Waals surface area contributed by atoms with Crippen molar-refractivity contribution < 1.29 is 19.4 Å². The number of aliphatic hydroxyl groups excluding tert-OH is 1. The molecule has 2 aliphatic rings. The van der Waals surface area contributed by atoms with E-state index in [4.69, 9.17) is 14.6 Å². The van der Waals surface area contributed by atoms with Crippen molar-refractivity contribution in [3.8, 4) is 11.5 Å². The van der Waals surface area contributed by atoms with Crippen molar-refractivity contribution in [1.29, 1.82) is 0 Å². The van der Waals surface area contributed by atoms with E-state index in [-0.39, 0.29) is 18.6 Å². The Hall–Kier alpha value is -1.75. The molecule has 3 rings (SSSR count). The van der Waals surface area contributed by atoms with Gasteiger partial charge in [0, 0.05) is 19.2 Å². The average Bonchev–Trinajstić information content (AvgIpc) is 3.00. The molecule has 1 N–H and O–H groups in total. The Kier molecular flexibility index (Phi) is 4.29. The number of amides is 1. The first kappa shape index (κ1) is 14.2. The molecule has 2 aliphatic heterocycles. The van der Waals surface area contributed by atoms with Crippen molar-refractivity contribution >= 4 is 5.91 Å². The summed E-state index contributed by atoms with van der Waals surface area (Å²) >= 11 is 0. The number of ether oxygens (including phenoxy) is 2. The molecule has 0 unspecified atom stereocenters. The molecule has 5 heteroatoms. The lowest BCUT2D eigenvalue weighted by atomic mass is 10.1. The molecule has 2 heterocycles. The van der Waals surface area contributed by atoms with Crippen LogP contribution in [0.3, 0.4) is 0 Å². The van der Waals surface area contributed by atoms with Crippen LogP contribution in [0.15, 0.2) is 18.2 Å². The third kappa shape index (κ3) is 2.83. The first-order chi connectivity index (χ1) is 10.3. The highest BCUT2D eigenvalue weighted by atomic mass is 16.6. The highest BCUT2D eigenvalue weighted by Gasteiger charge is 2.31. The fourth-order valence-corrected chi connectivity index (χ4v) is 3.13. The highest BCUT2D eigenvalue weighted by Crippen LogP contribution is 2.35. The van der Waals surface area contributed by atoms with Crippen LogP contribution in [-0.4, -0.2) is 48.3 Å². The number of hydrogen-bond acceptors (Lipinski definition) is 4. The molecule has 0 radical (unpaired) electrons. The van der Waals surface area contributed by atoms with Crippen LogP contribution in [-0.2, 0) is 0 Å². The molecule has 1 saturated heterocycles. The molecule has 0 spiro atoms. The number of carbonyl (C=O) groups excluding carboxylic acids is 1. The van der Waals surface area contributed by atoms with Crippen LogP contribution in [0.4, 0.5) is 0 Å². The number of rotatable bonds is 4. The number of hydrogen-bond donors (Lipinski definition) is 1. The third-order valence-electron chi connectivity index (χ3n) is 4.13. The average molecular weight is 291 g/mol. The van der Waals surface area contributed by atoms with E-state index in [0.29, 0.717) is 30.3 Å². The lowest BCUT2D eigenvalue weighted by Crippen LogP contribution is -2.36. The van der Waals surface area contributed by atoms with Gasteiger partial charge in [-0.05, 0) is 37.8 Å². The molecular weight excluding hydrogens is 270 g/mol. The second kappa shape index (κ2) is 6.35. The van der Waals surface area contributed by atoms with E-state index >= 15 is 0 Å². The zero-order valence-corrected chi connectivity index (χ0v) is 12.1. The van der Waals surface area contributed by atoms with Crippen LogP contribution in [0.25, 0.3) is 0 Å². The van der Waals surface area contributed by atoms with E-state index in [9.17, 15) is 4.79 Å². The topological polar surface area (TPSA) is 59.0 Å². The minimum atomic E-state index is 0.0118. The maximum Gasteiger partial charge on any atom is 0.258 e. The van der Waals surface area contributed by atoms with Crippen molar-refractivity contribution in [2.24, 2.45) is 0 Å². The maximum absolute atomic E-state index is 12.8. The van der Waals surface area contributed by atoms with Gasteiger partial charge in [0.15, 0.2) is 11.5 Å². The van der Waals surface area contributed by atoms with Gasteiger partial charge >= 0.3 is 0 Å². The van der Waals surface area contributed by atoms with Crippen LogP contribution in [0.5, 0.6) is 11.5 Å². The lowest BCUT2D eigenvalue weighted by molar-refractivity contribution is 0.0714. The van der Waals surface area contributed by atoms with Gasteiger partial charge in [0.2, 0.25) is 0 Å². The minimum absolute atomic E-state index is 0.0118. The number of carbonyl (C=O) groups is 1. The van der Waals surface area contributed by atoms with Crippen molar-refractivity contribution in [3.63, 3.8) is 0 Å². The zero-order valence-electron chi connectivity index (χ0n) is 12.1. The van der Waals surface area contributed by atoms with Crippen LogP contribution in [0.2, 0.25) is 0 Å². The van der Waals surface area contributed by atoms with Gasteiger partial charge in [-0.15, -0.1) is 0 Å². The Labute approximate surface area is 124 Å². The molecule has 114 valence electrons. The molecular formula is C16H21NO4. The SMILES string of the molecule is O=C(c1cccc2c1OCCO2)N1CCC[C@H]1CCCO. The van der Waals surface area contributed by atoms with Gasteiger partial charge in [-0.3, -0.25) is 4.79 Å². The van der Waals surface area contributed by atoms with Crippen molar-refractivity contribution in [1.82, 2.24) is 4.90 Å². The Morgan fingerprint density at radius 2 is 2.19 bits per heavy atom.